The first-order valence-corrected chi connectivity index (χ1v) is 9.37. The summed E-state index contributed by atoms with van der Waals surface area (Å²) < 4.78 is 10.8. The van der Waals surface area contributed by atoms with Crippen molar-refractivity contribution in [2.45, 2.75) is 32.3 Å². The van der Waals surface area contributed by atoms with E-state index in [4.69, 9.17) is 15.2 Å². The molecule has 0 unspecified atom stereocenters. The van der Waals surface area contributed by atoms with E-state index >= 15 is 0 Å². The van der Waals surface area contributed by atoms with Gasteiger partial charge in [0.15, 0.2) is 0 Å². The van der Waals surface area contributed by atoms with Crippen LogP contribution in [0.25, 0.3) is 11.1 Å². The third kappa shape index (κ3) is 4.17. The highest BCUT2D eigenvalue weighted by atomic mass is 16.6. The van der Waals surface area contributed by atoms with Gasteiger partial charge in [0, 0.05) is 19.0 Å². The number of ether oxygens (including phenoxy) is 2. The molecule has 2 aromatic rings. The lowest BCUT2D eigenvalue weighted by Crippen LogP contribution is -2.43. The second-order valence-corrected chi connectivity index (χ2v) is 7.72. The summed E-state index contributed by atoms with van der Waals surface area (Å²) in [5.74, 6) is -0.0743. The van der Waals surface area contributed by atoms with Crippen LogP contribution in [0.3, 0.4) is 0 Å². The number of carbonyl (C=O) groups is 2. The quantitative estimate of drug-likeness (QED) is 0.860. The Morgan fingerprint density at radius 1 is 0.964 bits per heavy atom. The van der Waals surface area contributed by atoms with Crippen molar-refractivity contribution in [3.05, 3.63) is 59.7 Å². The normalized spacial score (nSPS) is 12.9. The molecule has 0 atom stereocenters. The van der Waals surface area contributed by atoms with Crippen LogP contribution in [-0.2, 0) is 9.47 Å². The predicted molar refractivity (Wildman–Crippen MR) is 107 cm³/mol. The van der Waals surface area contributed by atoms with Crippen LogP contribution in [-0.4, -0.2) is 42.4 Å². The lowest BCUT2D eigenvalue weighted by Gasteiger charge is -2.26. The zero-order valence-electron chi connectivity index (χ0n) is 16.5. The van der Waals surface area contributed by atoms with Gasteiger partial charge >= 0.3 is 12.2 Å². The number of carbonyl (C=O) groups excluding carboxylic acids is 2. The first kappa shape index (κ1) is 19.9. The molecule has 0 saturated carbocycles. The van der Waals surface area contributed by atoms with E-state index in [2.05, 4.69) is 12.1 Å². The molecule has 148 valence electrons. The van der Waals surface area contributed by atoms with Gasteiger partial charge in [0.05, 0.1) is 0 Å². The molecule has 0 bridgehead atoms. The monoisotopic (exact) mass is 382 g/mol. The number of hydrogen-bond donors (Lipinski definition) is 1. The molecule has 6 heteroatoms. The second-order valence-electron chi connectivity index (χ2n) is 7.72. The van der Waals surface area contributed by atoms with Crippen LogP contribution in [0.5, 0.6) is 0 Å². The van der Waals surface area contributed by atoms with Gasteiger partial charge in [0.1, 0.15) is 12.2 Å². The van der Waals surface area contributed by atoms with Crippen molar-refractivity contribution in [3.63, 3.8) is 0 Å². The van der Waals surface area contributed by atoms with E-state index in [0.29, 0.717) is 0 Å². The molecule has 0 heterocycles. The summed E-state index contributed by atoms with van der Waals surface area (Å²) in [4.78, 5) is 25.8. The molecule has 0 aromatic heterocycles. The highest BCUT2D eigenvalue weighted by molar-refractivity contribution is 5.88. The SMILES string of the molecule is CC(C)(C)OC(=O)N(CCN)C(=O)OCC1c2ccccc2-c2ccccc21. The summed E-state index contributed by atoms with van der Waals surface area (Å²) in [6.45, 7) is 5.52. The third-order valence-electron chi connectivity index (χ3n) is 4.52. The molecule has 1 aliphatic rings. The zero-order chi connectivity index (χ0) is 20.3. The maximum Gasteiger partial charge on any atom is 0.419 e. The molecule has 28 heavy (non-hydrogen) atoms. The number of nitrogens with two attached hydrogens (primary N) is 1. The van der Waals surface area contributed by atoms with Gasteiger partial charge in [-0.3, -0.25) is 0 Å². The molecule has 2 amide bonds. The van der Waals surface area contributed by atoms with Crippen molar-refractivity contribution in [1.82, 2.24) is 4.90 Å². The van der Waals surface area contributed by atoms with Crippen molar-refractivity contribution in [3.8, 4) is 11.1 Å². The Hall–Kier alpha value is -2.86. The van der Waals surface area contributed by atoms with Crippen LogP contribution >= 0.6 is 0 Å². The maximum absolute atomic E-state index is 12.6. The Bertz CT molecular complexity index is 827. The Morgan fingerprint density at radius 3 is 2.00 bits per heavy atom. The summed E-state index contributed by atoms with van der Waals surface area (Å²) >= 11 is 0. The maximum atomic E-state index is 12.6. The summed E-state index contributed by atoms with van der Waals surface area (Å²) in [6, 6.07) is 16.2. The highest BCUT2D eigenvalue weighted by Crippen LogP contribution is 2.44. The van der Waals surface area contributed by atoms with Crippen LogP contribution in [0.1, 0.15) is 37.8 Å². The number of fused-ring (bicyclic) bond motifs is 3. The molecule has 0 spiro atoms. The van der Waals surface area contributed by atoms with Gasteiger partial charge < -0.3 is 15.2 Å². The largest absolute Gasteiger partial charge is 0.448 e. The predicted octanol–water partition coefficient (Wildman–Crippen LogP) is 4.13. The Balaban J connectivity index is 1.75. The molecule has 0 fully saturated rings. The van der Waals surface area contributed by atoms with Gasteiger partial charge in [-0.05, 0) is 43.0 Å². The summed E-state index contributed by atoms with van der Waals surface area (Å²) in [7, 11) is 0. The van der Waals surface area contributed by atoms with Crippen LogP contribution < -0.4 is 5.73 Å². The molecular weight excluding hydrogens is 356 g/mol. The van der Waals surface area contributed by atoms with E-state index in [0.717, 1.165) is 27.2 Å². The van der Waals surface area contributed by atoms with Crippen LogP contribution in [0.15, 0.2) is 48.5 Å². The summed E-state index contributed by atoms with van der Waals surface area (Å²) in [5, 5.41) is 0. The molecule has 1 aliphatic carbocycles. The third-order valence-corrected chi connectivity index (χ3v) is 4.52. The Kier molecular flexibility index (Phi) is 5.70. The molecular formula is C22H26N2O4. The van der Waals surface area contributed by atoms with E-state index in [1.165, 1.54) is 0 Å². The standard InChI is InChI=1S/C22H26N2O4/c1-22(2,3)28-21(26)24(13-12-23)20(25)27-14-19-17-10-6-4-8-15(17)16-9-5-7-11-18(16)19/h4-11,19H,12-14,23H2,1-3H3. The van der Waals surface area contributed by atoms with Crippen molar-refractivity contribution in [2.24, 2.45) is 5.73 Å². The van der Waals surface area contributed by atoms with Crippen LogP contribution in [0, 0.1) is 0 Å². The average Bonchev–Trinajstić information content (AvgIpc) is 2.96. The van der Waals surface area contributed by atoms with Gasteiger partial charge in [0.2, 0.25) is 0 Å². The Labute approximate surface area is 165 Å². The van der Waals surface area contributed by atoms with Gasteiger partial charge in [-0.2, -0.15) is 0 Å². The van der Waals surface area contributed by atoms with Gasteiger partial charge in [-0.25, -0.2) is 14.5 Å². The Morgan fingerprint density at radius 2 is 1.50 bits per heavy atom. The number of rotatable bonds is 4. The molecule has 0 saturated heterocycles. The van der Waals surface area contributed by atoms with Gasteiger partial charge in [-0.1, -0.05) is 48.5 Å². The molecule has 2 N–H and O–H groups in total. The minimum absolute atomic E-state index is 0.0333. The van der Waals surface area contributed by atoms with Crippen molar-refractivity contribution in [1.29, 1.82) is 0 Å². The molecule has 6 nitrogen and oxygen atoms in total. The summed E-state index contributed by atoms with van der Waals surface area (Å²) in [5.41, 5.74) is 9.35. The smallest absolute Gasteiger partial charge is 0.419 e. The molecule has 2 aromatic carbocycles. The fraction of sp³-hybridized carbons (Fsp3) is 0.364. The lowest BCUT2D eigenvalue weighted by atomic mass is 9.98. The molecule has 0 aliphatic heterocycles. The number of benzene rings is 2. The average molecular weight is 382 g/mol. The second kappa shape index (κ2) is 8.02. The first-order chi connectivity index (χ1) is 13.3. The number of amides is 2. The summed E-state index contributed by atoms with van der Waals surface area (Å²) in [6.07, 6.45) is -1.50. The van der Waals surface area contributed by atoms with E-state index in [-0.39, 0.29) is 25.6 Å². The van der Waals surface area contributed by atoms with Gasteiger partial charge in [0.25, 0.3) is 0 Å². The minimum atomic E-state index is -0.754. The van der Waals surface area contributed by atoms with E-state index in [9.17, 15) is 9.59 Å². The van der Waals surface area contributed by atoms with E-state index < -0.39 is 17.8 Å². The number of nitrogens with zero attached hydrogens (tertiary/aromatic N) is 1. The first-order valence-electron chi connectivity index (χ1n) is 9.37. The van der Waals surface area contributed by atoms with E-state index in [1.54, 1.807) is 20.8 Å². The number of hydrogen-bond acceptors (Lipinski definition) is 5. The topological polar surface area (TPSA) is 81.9 Å². The minimum Gasteiger partial charge on any atom is -0.448 e. The highest BCUT2D eigenvalue weighted by Gasteiger charge is 2.32. The van der Waals surface area contributed by atoms with Gasteiger partial charge in [-0.15, -0.1) is 0 Å². The van der Waals surface area contributed by atoms with Crippen LogP contribution in [0.2, 0.25) is 0 Å². The molecule has 0 radical (unpaired) electrons. The van der Waals surface area contributed by atoms with E-state index in [1.807, 2.05) is 36.4 Å². The zero-order valence-corrected chi connectivity index (χ0v) is 16.5. The van der Waals surface area contributed by atoms with Crippen LogP contribution in [0.4, 0.5) is 9.59 Å². The number of imide groups is 1. The fourth-order valence-electron chi connectivity index (χ4n) is 3.38. The molecule has 3 rings (SSSR count). The fourth-order valence-corrected chi connectivity index (χ4v) is 3.38. The van der Waals surface area contributed by atoms with Crippen molar-refractivity contribution < 1.29 is 19.1 Å². The van der Waals surface area contributed by atoms with Crippen molar-refractivity contribution in [2.75, 3.05) is 19.7 Å². The lowest BCUT2D eigenvalue weighted by molar-refractivity contribution is 0.0222. The van der Waals surface area contributed by atoms with Crippen molar-refractivity contribution >= 4 is 12.2 Å².